The molecule has 0 radical (unpaired) electrons. The summed E-state index contributed by atoms with van der Waals surface area (Å²) in [7, 11) is 0. The fraction of sp³-hybridized carbons (Fsp3) is 0.0500. The topological polar surface area (TPSA) is 42.0 Å². The third-order valence-corrected chi connectivity index (χ3v) is 12.9. The van der Waals surface area contributed by atoms with Crippen LogP contribution in [-0.2, 0) is 5.41 Å². The molecule has 64 heavy (non-hydrogen) atoms. The van der Waals surface area contributed by atoms with E-state index >= 15 is 0 Å². The summed E-state index contributed by atoms with van der Waals surface area (Å²) in [5, 5.41) is 2.23. The lowest BCUT2D eigenvalue weighted by atomic mass is 9.68. The van der Waals surface area contributed by atoms with E-state index in [0.29, 0.717) is 18.2 Å². The summed E-state index contributed by atoms with van der Waals surface area (Å²) in [6, 6.07) is 68.0. The molecule has 0 saturated heterocycles. The number of hydrogen-bond acceptors (Lipinski definition) is 1. The van der Waals surface area contributed by atoms with Crippen LogP contribution in [0.1, 0.15) is 40.3 Å². The lowest BCUT2D eigenvalue weighted by Gasteiger charge is -2.32. The number of benzene rings is 8. The van der Waals surface area contributed by atoms with E-state index in [0.717, 1.165) is 49.8 Å². The van der Waals surface area contributed by atoms with Crippen molar-refractivity contribution in [2.45, 2.75) is 12.3 Å². The Kier molecular flexibility index (Phi) is 9.62. The fourth-order valence-corrected chi connectivity index (χ4v) is 10.3. The average Bonchev–Trinajstić information content (AvgIpc) is 3.96. The van der Waals surface area contributed by atoms with E-state index in [4.69, 9.17) is 9.98 Å². The van der Waals surface area contributed by atoms with Crippen molar-refractivity contribution in [3.8, 4) is 39.1 Å². The SMILES string of the molecule is C=C/C=C(\C=C/C)CN=C(N=C(N=C)c1ccc2c(c1)c1cc(-c3cccc4c3C3(c5ccccc5-c5ccccc53)c3ccccc3-4)ccc1n2-c1ccccc1)c1ccccc1. The minimum atomic E-state index is -0.468. The number of aliphatic imine (C=N–C) groups is 3. The van der Waals surface area contributed by atoms with Gasteiger partial charge in [-0.15, -0.1) is 0 Å². The van der Waals surface area contributed by atoms with Crippen molar-refractivity contribution in [2.24, 2.45) is 15.0 Å². The molecule has 0 atom stereocenters. The van der Waals surface area contributed by atoms with Crippen LogP contribution in [0, 0.1) is 0 Å². The Labute approximate surface area is 374 Å². The Morgan fingerprint density at radius 1 is 0.562 bits per heavy atom. The van der Waals surface area contributed by atoms with Crippen molar-refractivity contribution in [1.82, 2.24) is 4.57 Å². The third-order valence-electron chi connectivity index (χ3n) is 12.9. The summed E-state index contributed by atoms with van der Waals surface area (Å²) >= 11 is 0. The molecule has 0 aliphatic heterocycles. The van der Waals surface area contributed by atoms with E-state index in [2.05, 4.69) is 181 Å². The third kappa shape index (κ3) is 6.02. The van der Waals surface area contributed by atoms with Crippen molar-refractivity contribution in [2.75, 3.05) is 6.54 Å². The van der Waals surface area contributed by atoms with Crippen LogP contribution < -0.4 is 0 Å². The minimum absolute atomic E-state index is 0.438. The van der Waals surface area contributed by atoms with Gasteiger partial charge in [-0.05, 0) is 117 Å². The molecular weight excluding hydrogens is 777 g/mol. The zero-order chi connectivity index (χ0) is 43.2. The quantitative estimate of drug-likeness (QED) is 0.0832. The maximum atomic E-state index is 5.13. The zero-order valence-corrected chi connectivity index (χ0v) is 35.6. The maximum absolute atomic E-state index is 5.13. The molecule has 9 aromatic rings. The molecule has 0 N–H and O–H groups in total. The van der Waals surface area contributed by atoms with Gasteiger partial charge in [0.25, 0.3) is 0 Å². The highest BCUT2D eigenvalue weighted by atomic mass is 15.0. The monoisotopic (exact) mass is 820 g/mol. The summed E-state index contributed by atoms with van der Waals surface area (Å²) in [4.78, 5) is 14.7. The number of allylic oxidation sites excluding steroid dienone is 3. The van der Waals surface area contributed by atoms with Crippen LogP contribution >= 0.6 is 0 Å². The summed E-state index contributed by atoms with van der Waals surface area (Å²) in [6.07, 6.45) is 7.81. The van der Waals surface area contributed by atoms with E-state index < -0.39 is 5.41 Å². The van der Waals surface area contributed by atoms with Crippen molar-refractivity contribution >= 4 is 40.2 Å². The first-order chi connectivity index (χ1) is 31.6. The molecule has 1 aromatic heterocycles. The zero-order valence-electron chi connectivity index (χ0n) is 35.6. The van der Waals surface area contributed by atoms with Crippen molar-refractivity contribution in [3.63, 3.8) is 0 Å². The molecule has 8 aromatic carbocycles. The van der Waals surface area contributed by atoms with Crippen LogP contribution in [0.25, 0.3) is 60.9 Å². The lowest BCUT2D eigenvalue weighted by molar-refractivity contribution is 0.796. The average molecular weight is 821 g/mol. The number of amidine groups is 2. The van der Waals surface area contributed by atoms with E-state index in [1.54, 1.807) is 6.08 Å². The summed E-state index contributed by atoms with van der Waals surface area (Å²) in [6.45, 7) is 10.4. The molecule has 4 heteroatoms. The number of nitrogens with zero attached hydrogens (tertiary/aromatic N) is 4. The molecule has 2 aliphatic rings. The van der Waals surface area contributed by atoms with Gasteiger partial charge in [0.15, 0.2) is 11.7 Å². The van der Waals surface area contributed by atoms with Gasteiger partial charge in [-0.3, -0.25) is 4.99 Å². The van der Waals surface area contributed by atoms with Crippen LogP contribution in [-0.4, -0.2) is 29.5 Å². The minimum Gasteiger partial charge on any atom is -0.309 e. The Balaban J connectivity index is 1.13. The molecule has 304 valence electrons. The Morgan fingerprint density at radius 2 is 1.12 bits per heavy atom. The largest absolute Gasteiger partial charge is 0.309 e. The molecular formula is C60H44N4. The summed E-state index contributed by atoms with van der Waals surface area (Å²) in [5.41, 5.74) is 18.5. The number of aromatic nitrogens is 1. The predicted octanol–water partition coefficient (Wildman–Crippen LogP) is 14.4. The van der Waals surface area contributed by atoms with Gasteiger partial charge in [-0.2, -0.15) is 0 Å². The predicted molar refractivity (Wildman–Crippen MR) is 270 cm³/mol. The second-order valence-corrected chi connectivity index (χ2v) is 16.3. The normalized spacial score (nSPS) is 13.9. The molecule has 1 spiro atoms. The Morgan fingerprint density at radius 3 is 1.77 bits per heavy atom. The first kappa shape index (κ1) is 38.7. The summed E-state index contributed by atoms with van der Waals surface area (Å²) < 4.78 is 2.36. The number of fused-ring (bicyclic) bond motifs is 13. The van der Waals surface area contributed by atoms with Gasteiger partial charge >= 0.3 is 0 Å². The van der Waals surface area contributed by atoms with Gasteiger partial charge in [0.2, 0.25) is 0 Å². The molecule has 0 amide bonds. The molecule has 0 saturated carbocycles. The van der Waals surface area contributed by atoms with E-state index in [9.17, 15) is 0 Å². The van der Waals surface area contributed by atoms with Crippen LogP contribution in [0.5, 0.6) is 0 Å². The van der Waals surface area contributed by atoms with E-state index in [1.807, 2.05) is 55.5 Å². The fourth-order valence-electron chi connectivity index (χ4n) is 10.3. The van der Waals surface area contributed by atoms with Crippen LogP contribution in [0.15, 0.2) is 239 Å². The standard InChI is InChI=1S/C60H44N4/c1-4-19-40(20-5-2)39-62-59(41-21-8-6-9-22-41)63-58(61-3)43-34-36-56-51(38-43)50-37-42(33-35-55(50)64(56)44-23-10-7-11-24-44)45-28-18-29-49-48-27-14-17-32-54(48)60(57(45)49)52-30-15-12-25-46(52)47-26-13-16-31-53(47)60/h4-38H,1,3,39H2,2H3/b20-5-,40-19+,62-59?,63-58?. The van der Waals surface area contributed by atoms with Gasteiger partial charge in [-0.25, -0.2) is 9.98 Å². The van der Waals surface area contributed by atoms with Gasteiger partial charge in [-0.1, -0.05) is 176 Å². The molecule has 0 unspecified atom stereocenters. The van der Waals surface area contributed by atoms with E-state index in [-0.39, 0.29) is 0 Å². The highest BCUT2D eigenvalue weighted by molar-refractivity contribution is 6.17. The highest BCUT2D eigenvalue weighted by Crippen LogP contribution is 2.64. The molecule has 0 bridgehead atoms. The lowest BCUT2D eigenvalue weighted by Crippen LogP contribution is -2.26. The first-order valence-electron chi connectivity index (χ1n) is 21.8. The number of hydrogen-bond donors (Lipinski definition) is 0. The van der Waals surface area contributed by atoms with Crippen molar-refractivity contribution in [1.29, 1.82) is 0 Å². The summed E-state index contributed by atoms with van der Waals surface area (Å²) in [5.74, 6) is 1.08. The molecule has 0 fully saturated rings. The van der Waals surface area contributed by atoms with Crippen LogP contribution in [0.3, 0.4) is 0 Å². The van der Waals surface area contributed by atoms with Gasteiger partial charge < -0.3 is 4.57 Å². The second-order valence-electron chi connectivity index (χ2n) is 16.3. The molecule has 11 rings (SSSR count). The molecule has 4 nitrogen and oxygen atoms in total. The molecule has 2 aliphatic carbocycles. The van der Waals surface area contributed by atoms with Gasteiger partial charge in [0.05, 0.1) is 23.0 Å². The highest BCUT2D eigenvalue weighted by Gasteiger charge is 2.52. The van der Waals surface area contributed by atoms with Gasteiger partial charge in [0, 0.05) is 27.6 Å². The van der Waals surface area contributed by atoms with Crippen molar-refractivity contribution in [3.05, 3.63) is 258 Å². The maximum Gasteiger partial charge on any atom is 0.161 e. The van der Waals surface area contributed by atoms with Crippen molar-refractivity contribution < 1.29 is 0 Å². The smallest absolute Gasteiger partial charge is 0.161 e. The second kappa shape index (κ2) is 15.9. The Bertz CT molecular complexity index is 3390. The number of rotatable bonds is 8. The first-order valence-corrected chi connectivity index (χ1v) is 21.8. The van der Waals surface area contributed by atoms with E-state index in [1.165, 1.54) is 50.1 Å². The number of para-hydroxylation sites is 1. The molecule has 1 heterocycles. The van der Waals surface area contributed by atoms with Crippen LogP contribution in [0.4, 0.5) is 0 Å². The Hall–Kier alpha value is -8.21. The van der Waals surface area contributed by atoms with Gasteiger partial charge in [0.1, 0.15) is 0 Å². The van der Waals surface area contributed by atoms with Crippen LogP contribution in [0.2, 0.25) is 0 Å².